The zero-order valence-electron chi connectivity index (χ0n) is 16.8. The van der Waals surface area contributed by atoms with Crippen molar-refractivity contribution in [1.82, 2.24) is 14.5 Å². The molecular weight excluding hydrogens is 366 g/mol. The van der Waals surface area contributed by atoms with Crippen LogP contribution in [0.2, 0.25) is 0 Å². The molecule has 0 saturated carbocycles. The van der Waals surface area contributed by atoms with E-state index in [9.17, 15) is 0 Å². The summed E-state index contributed by atoms with van der Waals surface area (Å²) in [6, 6.07) is 16.5. The Morgan fingerprint density at radius 3 is 2.45 bits per heavy atom. The van der Waals surface area contributed by atoms with Crippen LogP contribution in [0.5, 0.6) is 5.75 Å². The highest BCUT2D eigenvalue weighted by molar-refractivity contribution is 5.78. The standard InChI is InChI=1S/C23H27N3O3/c1-27-19-8-6-18(7-9-19)26-21-5-3-2-4-20(21)24-22(26)16-25-12-10-17(11-13-25)23-28-14-15-29-23/h2-9,17,23H,10-16H2,1H3. The molecule has 3 aromatic rings. The lowest BCUT2D eigenvalue weighted by molar-refractivity contribution is -0.0978. The van der Waals surface area contributed by atoms with Crippen LogP contribution in [0.4, 0.5) is 0 Å². The molecule has 1 aromatic heterocycles. The van der Waals surface area contributed by atoms with Gasteiger partial charge in [0.05, 0.1) is 37.9 Å². The third kappa shape index (κ3) is 3.75. The zero-order chi connectivity index (χ0) is 19.6. The fraction of sp³-hybridized carbons (Fsp3) is 0.435. The first-order chi connectivity index (χ1) is 14.3. The first-order valence-corrected chi connectivity index (χ1v) is 10.4. The number of hydrogen-bond donors (Lipinski definition) is 0. The summed E-state index contributed by atoms with van der Waals surface area (Å²) in [5, 5.41) is 0. The zero-order valence-corrected chi connectivity index (χ0v) is 16.8. The maximum Gasteiger partial charge on any atom is 0.160 e. The maximum absolute atomic E-state index is 5.71. The van der Waals surface area contributed by atoms with Crippen LogP contribution in [0.3, 0.4) is 0 Å². The molecule has 2 aliphatic rings. The number of imidazole rings is 1. The molecule has 2 aliphatic heterocycles. The van der Waals surface area contributed by atoms with Crippen LogP contribution in [0.15, 0.2) is 48.5 Å². The minimum atomic E-state index is 0.000948. The van der Waals surface area contributed by atoms with Crippen LogP contribution in [-0.4, -0.2) is 54.2 Å². The molecule has 0 radical (unpaired) electrons. The highest BCUT2D eigenvalue weighted by atomic mass is 16.7. The molecule has 0 atom stereocenters. The Morgan fingerprint density at radius 2 is 1.72 bits per heavy atom. The largest absolute Gasteiger partial charge is 0.497 e. The molecule has 2 fully saturated rings. The number of rotatable bonds is 5. The Labute approximate surface area is 171 Å². The van der Waals surface area contributed by atoms with Crippen molar-refractivity contribution < 1.29 is 14.2 Å². The van der Waals surface area contributed by atoms with E-state index in [1.165, 1.54) is 0 Å². The van der Waals surface area contributed by atoms with E-state index in [0.717, 1.165) is 74.0 Å². The van der Waals surface area contributed by atoms with Gasteiger partial charge in [-0.3, -0.25) is 9.47 Å². The van der Waals surface area contributed by atoms with Gasteiger partial charge in [0.25, 0.3) is 0 Å². The second kappa shape index (κ2) is 8.14. The number of nitrogens with zero attached hydrogens (tertiary/aromatic N) is 3. The van der Waals surface area contributed by atoms with Crippen LogP contribution < -0.4 is 4.74 Å². The molecule has 6 heteroatoms. The average molecular weight is 393 g/mol. The molecule has 5 rings (SSSR count). The van der Waals surface area contributed by atoms with Gasteiger partial charge in [-0.25, -0.2) is 4.98 Å². The van der Waals surface area contributed by atoms with Crippen molar-refractivity contribution in [3.05, 3.63) is 54.4 Å². The normalized spacial score (nSPS) is 19.2. The van der Waals surface area contributed by atoms with Gasteiger partial charge < -0.3 is 14.2 Å². The third-order valence-corrected chi connectivity index (χ3v) is 5.99. The van der Waals surface area contributed by atoms with Crippen molar-refractivity contribution in [2.24, 2.45) is 5.92 Å². The Bertz CT molecular complexity index is 955. The molecule has 0 spiro atoms. The van der Waals surface area contributed by atoms with E-state index in [2.05, 4.69) is 39.8 Å². The maximum atomic E-state index is 5.71. The number of fused-ring (bicyclic) bond motifs is 1. The van der Waals surface area contributed by atoms with E-state index >= 15 is 0 Å². The smallest absolute Gasteiger partial charge is 0.160 e. The lowest BCUT2D eigenvalue weighted by Crippen LogP contribution is -2.38. The van der Waals surface area contributed by atoms with Gasteiger partial charge in [-0.1, -0.05) is 12.1 Å². The monoisotopic (exact) mass is 393 g/mol. The highest BCUT2D eigenvalue weighted by Crippen LogP contribution is 2.28. The molecule has 0 unspecified atom stereocenters. The minimum absolute atomic E-state index is 0.000948. The quantitative estimate of drug-likeness (QED) is 0.663. The number of methoxy groups -OCH3 is 1. The van der Waals surface area contributed by atoms with Crippen molar-refractivity contribution in [1.29, 1.82) is 0 Å². The van der Waals surface area contributed by atoms with Crippen molar-refractivity contribution >= 4 is 11.0 Å². The molecule has 0 amide bonds. The predicted molar refractivity (Wildman–Crippen MR) is 111 cm³/mol. The van der Waals surface area contributed by atoms with Gasteiger partial charge >= 0.3 is 0 Å². The molecule has 2 saturated heterocycles. The number of piperidine rings is 1. The van der Waals surface area contributed by atoms with E-state index in [1.807, 2.05) is 18.2 Å². The number of aromatic nitrogens is 2. The van der Waals surface area contributed by atoms with Crippen LogP contribution in [0.25, 0.3) is 16.7 Å². The summed E-state index contributed by atoms with van der Waals surface area (Å²) in [4.78, 5) is 7.46. The van der Waals surface area contributed by atoms with Gasteiger partial charge in [0, 0.05) is 11.6 Å². The molecule has 29 heavy (non-hydrogen) atoms. The van der Waals surface area contributed by atoms with Crippen LogP contribution >= 0.6 is 0 Å². The van der Waals surface area contributed by atoms with Crippen molar-refractivity contribution in [3.8, 4) is 11.4 Å². The molecule has 2 aromatic carbocycles. The van der Waals surface area contributed by atoms with Gasteiger partial charge in [-0.2, -0.15) is 0 Å². The van der Waals surface area contributed by atoms with E-state index in [0.29, 0.717) is 5.92 Å². The minimum Gasteiger partial charge on any atom is -0.497 e. The Balaban J connectivity index is 1.38. The lowest BCUT2D eigenvalue weighted by atomic mass is 9.96. The Hall–Kier alpha value is -2.41. The van der Waals surface area contributed by atoms with Crippen molar-refractivity contribution in [2.75, 3.05) is 33.4 Å². The second-order valence-corrected chi connectivity index (χ2v) is 7.77. The number of ether oxygens (including phenoxy) is 3. The average Bonchev–Trinajstić information content (AvgIpc) is 3.42. The van der Waals surface area contributed by atoms with Crippen LogP contribution in [0, 0.1) is 5.92 Å². The molecule has 0 N–H and O–H groups in total. The summed E-state index contributed by atoms with van der Waals surface area (Å²) in [6.45, 7) is 4.38. The topological polar surface area (TPSA) is 48.8 Å². The van der Waals surface area contributed by atoms with Crippen LogP contribution in [0.1, 0.15) is 18.7 Å². The number of hydrogen-bond acceptors (Lipinski definition) is 5. The SMILES string of the molecule is COc1ccc(-n2c(CN3CCC(C4OCCO4)CC3)nc3ccccc32)cc1. The molecule has 3 heterocycles. The molecule has 6 nitrogen and oxygen atoms in total. The summed E-state index contributed by atoms with van der Waals surface area (Å²) in [5.74, 6) is 2.44. The lowest BCUT2D eigenvalue weighted by Gasteiger charge is -2.33. The summed E-state index contributed by atoms with van der Waals surface area (Å²) < 4.78 is 19.0. The summed E-state index contributed by atoms with van der Waals surface area (Å²) >= 11 is 0. The predicted octanol–water partition coefficient (Wildman–Crippen LogP) is 3.62. The van der Waals surface area contributed by atoms with Crippen LogP contribution in [-0.2, 0) is 16.0 Å². The van der Waals surface area contributed by atoms with Crippen molar-refractivity contribution in [3.63, 3.8) is 0 Å². The van der Waals surface area contributed by atoms with Gasteiger partial charge in [0.2, 0.25) is 0 Å². The fourth-order valence-corrected chi connectivity index (χ4v) is 4.43. The Morgan fingerprint density at radius 1 is 1.00 bits per heavy atom. The van der Waals surface area contributed by atoms with Gasteiger partial charge in [0.1, 0.15) is 11.6 Å². The van der Waals surface area contributed by atoms with E-state index in [4.69, 9.17) is 19.2 Å². The number of likely N-dealkylation sites (tertiary alicyclic amines) is 1. The van der Waals surface area contributed by atoms with E-state index < -0.39 is 0 Å². The van der Waals surface area contributed by atoms with E-state index in [1.54, 1.807) is 7.11 Å². The Kier molecular flexibility index (Phi) is 5.23. The second-order valence-electron chi connectivity index (χ2n) is 7.77. The van der Waals surface area contributed by atoms with Crippen molar-refractivity contribution in [2.45, 2.75) is 25.7 Å². The van der Waals surface area contributed by atoms with Gasteiger partial charge in [0.15, 0.2) is 6.29 Å². The molecule has 152 valence electrons. The number of benzene rings is 2. The molecular formula is C23H27N3O3. The molecule has 0 aliphatic carbocycles. The van der Waals surface area contributed by atoms with Gasteiger partial charge in [-0.15, -0.1) is 0 Å². The molecule has 0 bridgehead atoms. The highest BCUT2D eigenvalue weighted by Gasteiger charge is 2.30. The van der Waals surface area contributed by atoms with E-state index in [-0.39, 0.29) is 6.29 Å². The summed E-state index contributed by atoms with van der Waals surface area (Å²) in [7, 11) is 1.69. The summed E-state index contributed by atoms with van der Waals surface area (Å²) in [5.41, 5.74) is 3.27. The van der Waals surface area contributed by atoms with Gasteiger partial charge in [-0.05, 0) is 62.3 Å². The number of para-hydroxylation sites is 2. The first kappa shape index (κ1) is 18.6. The first-order valence-electron chi connectivity index (χ1n) is 10.4. The summed E-state index contributed by atoms with van der Waals surface area (Å²) in [6.07, 6.45) is 2.21. The third-order valence-electron chi connectivity index (χ3n) is 5.99. The fourth-order valence-electron chi connectivity index (χ4n) is 4.43.